The van der Waals surface area contributed by atoms with Gasteiger partial charge in [0.15, 0.2) is 18.1 Å². The second kappa shape index (κ2) is 7.42. The molecule has 0 radical (unpaired) electrons. The lowest BCUT2D eigenvalue weighted by atomic mass is 10.2. The van der Waals surface area contributed by atoms with Gasteiger partial charge in [0.25, 0.3) is 0 Å². The highest BCUT2D eigenvalue weighted by atomic mass is 16.6. The van der Waals surface area contributed by atoms with Gasteiger partial charge in [-0.25, -0.2) is 14.5 Å². The smallest absolute Gasteiger partial charge is 0.192 e. The van der Waals surface area contributed by atoms with Crippen LogP contribution in [0.4, 0.5) is 0 Å². The lowest BCUT2D eigenvalue weighted by molar-refractivity contribution is 0.126. The number of benzene rings is 1. The van der Waals surface area contributed by atoms with Gasteiger partial charge in [-0.15, -0.1) is 5.10 Å². The van der Waals surface area contributed by atoms with Gasteiger partial charge in [0.05, 0.1) is 11.6 Å². The molecule has 3 heterocycles. The maximum Gasteiger partial charge on any atom is 0.192 e. The van der Waals surface area contributed by atoms with Crippen molar-refractivity contribution in [1.29, 1.82) is 0 Å². The first-order chi connectivity index (χ1) is 13.5. The number of hydrogen-bond acceptors (Lipinski definition) is 5. The number of aryl methyl sites for hydroxylation is 1. The molecule has 0 saturated carbocycles. The molecule has 0 bridgehead atoms. The van der Waals surface area contributed by atoms with Crippen LogP contribution in [0.1, 0.15) is 36.5 Å². The molecular weight excluding hydrogens is 352 g/mol. The summed E-state index contributed by atoms with van der Waals surface area (Å²) in [5, 5.41) is 9.54. The number of rotatable bonds is 6. The third-order valence-corrected chi connectivity index (χ3v) is 4.81. The maximum absolute atomic E-state index is 5.38. The van der Waals surface area contributed by atoms with E-state index in [1.165, 1.54) is 11.3 Å². The number of aromatic nitrogens is 5. The van der Waals surface area contributed by atoms with E-state index < -0.39 is 0 Å². The van der Waals surface area contributed by atoms with E-state index in [0.29, 0.717) is 11.7 Å². The predicted octanol–water partition coefficient (Wildman–Crippen LogP) is 3.90. The minimum absolute atomic E-state index is 0.206. The number of nitrogens with zero attached hydrogens (tertiary/aromatic N) is 6. The van der Waals surface area contributed by atoms with Crippen molar-refractivity contribution in [2.75, 3.05) is 0 Å². The first-order valence-corrected chi connectivity index (χ1v) is 9.44. The normalized spacial score (nSPS) is 12.0. The van der Waals surface area contributed by atoms with Gasteiger partial charge < -0.3 is 9.40 Å². The Labute approximate surface area is 163 Å². The van der Waals surface area contributed by atoms with Crippen molar-refractivity contribution < 1.29 is 4.84 Å². The van der Waals surface area contributed by atoms with Gasteiger partial charge in [0.1, 0.15) is 12.0 Å². The van der Waals surface area contributed by atoms with Gasteiger partial charge in [-0.3, -0.25) is 0 Å². The molecule has 7 nitrogen and oxygen atoms in total. The van der Waals surface area contributed by atoms with E-state index >= 15 is 0 Å². The highest BCUT2D eigenvalue weighted by molar-refractivity contribution is 5.93. The molecule has 0 aliphatic heterocycles. The van der Waals surface area contributed by atoms with Crippen molar-refractivity contribution in [3.63, 3.8) is 0 Å². The molecule has 0 spiro atoms. The summed E-state index contributed by atoms with van der Waals surface area (Å²) in [6, 6.07) is 9.81. The predicted molar refractivity (Wildman–Crippen MR) is 109 cm³/mol. The topological polar surface area (TPSA) is 69.6 Å². The zero-order chi connectivity index (χ0) is 19.7. The average molecular weight is 376 g/mol. The fourth-order valence-electron chi connectivity index (χ4n) is 3.36. The summed E-state index contributed by atoms with van der Waals surface area (Å²) in [6.45, 7) is 9.80. The van der Waals surface area contributed by atoms with E-state index in [4.69, 9.17) is 4.84 Å². The van der Waals surface area contributed by atoms with E-state index in [1.54, 1.807) is 17.1 Å². The Balaban J connectivity index is 1.62. The molecule has 28 heavy (non-hydrogen) atoms. The van der Waals surface area contributed by atoms with E-state index in [9.17, 15) is 0 Å². The summed E-state index contributed by atoms with van der Waals surface area (Å²) in [5.74, 6) is 1.12. The minimum Gasteiger partial charge on any atom is -0.387 e. The fourth-order valence-corrected chi connectivity index (χ4v) is 3.36. The molecule has 0 amide bonds. The Morgan fingerprint density at radius 1 is 1.14 bits per heavy atom. The van der Waals surface area contributed by atoms with Crippen molar-refractivity contribution in [2.45, 2.75) is 40.8 Å². The van der Waals surface area contributed by atoms with Gasteiger partial charge in [-0.1, -0.05) is 49.3 Å². The zero-order valence-electron chi connectivity index (χ0n) is 16.6. The molecule has 0 aliphatic rings. The zero-order valence-corrected chi connectivity index (χ0v) is 16.6. The second-order valence-electron chi connectivity index (χ2n) is 7.37. The van der Waals surface area contributed by atoms with E-state index in [1.807, 2.05) is 30.3 Å². The van der Waals surface area contributed by atoms with Crippen LogP contribution in [-0.4, -0.2) is 30.4 Å². The molecule has 144 valence electrons. The fraction of sp³-hybridized carbons (Fsp3) is 0.333. The molecule has 0 unspecified atom stereocenters. The van der Waals surface area contributed by atoms with Crippen molar-refractivity contribution >= 4 is 22.9 Å². The quantitative estimate of drug-likeness (QED) is 0.378. The lowest BCUT2D eigenvalue weighted by Crippen LogP contribution is -2.07. The van der Waals surface area contributed by atoms with Crippen LogP contribution in [0.5, 0.6) is 0 Å². The molecule has 0 fully saturated rings. The number of hydrogen-bond donors (Lipinski definition) is 0. The Hall–Kier alpha value is -3.22. The van der Waals surface area contributed by atoms with Crippen molar-refractivity contribution in [1.82, 2.24) is 24.1 Å². The van der Waals surface area contributed by atoms with E-state index in [2.05, 4.69) is 52.5 Å². The highest BCUT2D eigenvalue weighted by Gasteiger charge is 2.18. The SMILES string of the molecule is Cc1c(C)n(CC(C)C)c2ncn3nc(CO/N=C/c4ccccc4)nc3c12. The molecule has 0 N–H and O–H groups in total. The minimum atomic E-state index is 0.206. The Morgan fingerprint density at radius 2 is 1.93 bits per heavy atom. The molecule has 7 heteroatoms. The van der Waals surface area contributed by atoms with Gasteiger partial charge in [-0.2, -0.15) is 0 Å². The molecule has 0 atom stereocenters. The van der Waals surface area contributed by atoms with Crippen LogP contribution in [0.2, 0.25) is 0 Å². The van der Waals surface area contributed by atoms with Gasteiger partial charge in [0.2, 0.25) is 0 Å². The van der Waals surface area contributed by atoms with Crippen LogP contribution in [0, 0.1) is 19.8 Å². The largest absolute Gasteiger partial charge is 0.387 e. The summed E-state index contributed by atoms with van der Waals surface area (Å²) < 4.78 is 3.98. The van der Waals surface area contributed by atoms with Crippen LogP contribution < -0.4 is 0 Å². The first-order valence-electron chi connectivity index (χ1n) is 9.44. The van der Waals surface area contributed by atoms with E-state index in [-0.39, 0.29) is 6.61 Å². The van der Waals surface area contributed by atoms with Gasteiger partial charge in [-0.05, 0) is 30.9 Å². The molecule has 4 rings (SSSR count). The average Bonchev–Trinajstić information content (AvgIpc) is 3.20. The highest BCUT2D eigenvalue weighted by Crippen LogP contribution is 2.27. The monoisotopic (exact) mass is 376 g/mol. The molecule has 0 aliphatic carbocycles. The third-order valence-electron chi connectivity index (χ3n) is 4.81. The number of oxime groups is 1. The third kappa shape index (κ3) is 3.35. The van der Waals surface area contributed by atoms with Crippen LogP contribution in [0.15, 0.2) is 41.8 Å². The van der Waals surface area contributed by atoms with Crippen molar-refractivity contribution in [3.05, 3.63) is 59.3 Å². The Morgan fingerprint density at radius 3 is 2.68 bits per heavy atom. The maximum atomic E-state index is 5.38. The first kappa shape index (κ1) is 18.2. The second-order valence-corrected chi connectivity index (χ2v) is 7.37. The molecular formula is C21H24N6O. The van der Waals surface area contributed by atoms with Crippen LogP contribution >= 0.6 is 0 Å². The lowest BCUT2D eigenvalue weighted by Gasteiger charge is -2.10. The summed E-state index contributed by atoms with van der Waals surface area (Å²) >= 11 is 0. The van der Waals surface area contributed by atoms with Gasteiger partial charge in [0, 0.05) is 12.2 Å². The molecule has 1 aromatic carbocycles. The van der Waals surface area contributed by atoms with Crippen LogP contribution in [-0.2, 0) is 18.0 Å². The Bertz CT molecular complexity index is 1140. The van der Waals surface area contributed by atoms with E-state index in [0.717, 1.165) is 28.8 Å². The molecule has 4 aromatic rings. The van der Waals surface area contributed by atoms with Crippen molar-refractivity contribution in [2.24, 2.45) is 11.1 Å². The molecule has 0 saturated heterocycles. The summed E-state index contributed by atoms with van der Waals surface area (Å²) in [4.78, 5) is 14.7. The molecule has 3 aromatic heterocycles. The Kier molecular flexibility index (Phi) is 4.81. The standard InChI is InChI=1S/C21H24N6O/c1-14(2)11-26-16(4)15(3)19-20(26)22-13-27-21(19)24-18(25-27)12-28-23-10-17-8-6-5-7-9-17/h5-10,13-14H,11-12H2,1-4H3/b23-10+. The number of fused-ring (bicyclic) bond motifs is 3. The van der Waals surface area contributed by atoms with Crippen molar-refractivity contribution in [3.8, 4) is 0 Å². The van der Waals surface area contributed by atoms with Gasteiger partial charge >= 0.3 is 0 Å². The summed E-state index contributed by atoms with van der Waals surface area (Å²) in [7, 11) is 0. The summed E-state index contributed by atoms with van der Waals surface area (Å²) in [5.41, 5.74) is 5.15. The van der Waals surface area contributed by atoms with Crippen LogP contribution in [0.3, 0.4) is 0 Å². The van der Waals surface area contributed by atoms with Crippen LogP contribution in [0.25, 0.3) is 16.7 Å². The summed E-state index contributed by atoms with van der Waals surface area (Å²) in [6.07, 6.45) is 3.40.